The summed E-state index contributed by atoms with van der Waals surface area (Å²) in [6.07, 6.45) is 0. The molecule has 0 saturated heterocycles. The van der Waals surface area contributed by atoms with Crippen molar-refractivity contribution in [2.24, 2.45) is 0 Å². The van der Waals surface area contributed by atoms with Gasteiger partial charge in [-0.2, -0.15) is 0 Å². The van der Waals surface area contributed by atoms with Crippen molar-refractivity contribution < 1.29 is 27.8 Å². The predicted molar refractivity (Wildman–Crippen MR) is 83.6 cm³/mol. The highest BCUT2D eigenvalue weighted by Gasteiger charge is 2.17. The number of halogens is 2. The second-order valence-electron chi connectivity index (χ2n) is 4.87. The molecule has 24 heavy (non-hydrogen) atoms. The molecule has 0 fully saturated rings. The van der Waals surface area contributed by atoms with Crippen LogP contribution in [0.3, 0.4) is 0 Å². The van der Waals surface area contributed by atoms with E-state index in [0.29, 0.717) is 22.8 Å². The van der Waals surface area contributed by atoms with Gasteiger partial charge in [-0.3, -0.25) is 4.79 Å². The number of ether oxygens (including phenoxy) is 3. The Kier molecular flexibility index (Phi) is 5.57. The molecule has 2 aromatic carbocycles. The summed E-state index contributed by atoms with van der Waals surface area (Å²) in [5.41, 5.74) is 0.578. The van der Waals surface area contributed by atoms with Gasteiger partial charge in [0.1, 0.15) is 11.6 Å². The van der Waals surface area contributed by atoms with Gasteiger partial charge in [0.05, 0.1) is 21.3 Å². The Morgan fingerprint density at radius 3 is 1.92 bits per heavy atom. The van der Waals surface area contributed by atoms with Crippen LogP contribution in [0.5, 0.6) is 17.2 Å². The molecule has 0 aliphatic rings. The topological polar surface area (TPSA) is 56.8 Å². The fourth-order valence-corrected chi connectivity index (χ4v) is 2.21. The monoisotopic (exact) mass is 337 g/mol. The molecule has 1 N–H and O–H groups in total. The van der Waals surface area contributed by atoms with Crippen LogP contribution in [0, 0.1) is 11.6 Å². The maximum absolute atomic E-state index is 13.2. The molecule has 0 aromatic heterocycles. The van der Waals surface area contributed by atoms with Crippen LogP contribution < -0.4 is 19.5 Å². The minimum Gasteiger partial charge on any atom is -0.493 e. The van der Waals surface area contributed by atoms with Gasteiger partial charge in [0, 0.05) is 18.2 Å². The summed E-state index contributed by atoms with van der Waals surface area (Å²) in [5.74, 6) is -0.820. The molecule has 1 amide bonds. The van der Waals surface area contributed by atoms with Crippen molar-refractivity contribution in [2.75, 3.05) is 21.3 Å². The summed E-state index contributed by atoms with van der Waals surface area (Å²) in [5, 5.41) is 2.59. The lowest BCUT2D eigenvalue weighted by Gasteiger charge is -2.14. The summed E-state index contributed by atoms with van der Waals surface area (Å²) >= 11 is 0. The zero-order chi connectivity index (χ0) is 17.7. The third kappa shape index (κ3) is 3.92. The molecule has 0 heterocycles. The number of hydrogen-bond donors (Lipinski definition) is 1. The lowest BCUT2D eigenvalue weighted by atomic mass is 10.1. The van der Waals surface area contributed by atoms with E-state index in [1.165, 1.54) is 33.5 Å². The second-order valence-corrected chi connectivity index (χ2v) is 4.87. The van der Waals surface area contributed by atoms with Crippen LogP contribution in [0.15, 0.2) is 30.3 Å². The number of benzene rings is 2. The zero-order valence-electron chi connectivity index (χ0n) is 13.5. The van der Waals surface area contributed by atoms with Crippen molar-refractivity contribution in [2.45, 2.75) is 6.54 Å². The van der Waals surface area contributed by atoms with Gasteiger partial charge >= 0.3 is 0 Å². The highest BCUT2D eigenvalue weighted by molar-refractivity contribution is 5.95. The van der Waals surface area contributed by atoms with Crippen LogP contribution in [0.25, 0.3) is 0 Å². The minimum atomic E-state index is -0.702. The van der Waals surface area contributed by atoms with Gasteiger partial charge in [-0.15, -0.1) is 0 Å². The van der Waals surface area contributed by atoms with Crippen molar-refractivity contribution in [3.8, 4) is 17.2 Å². The van der Waals surface area contributed by atoms with E-state index in [4.69, 9.17) is 14.2 Å². The molecule has 0 aliphatic heterocycles. The molecule has 0 atom stereocenters. The van der Waals surface area contributed by atoms with Gasteiger partial charge in [0.15, 0.2) is 11.5 Å². The summed E-state index contributed by atoms with van der Waals surface area (Å²) in [7, 11) is 4.33. The summed E-state index contributed by atoms with van der Waals surface area (Å²) in [6.45, 7) is -0.0236. The lowest BCUT2D eigenvalue weighted by Crippen LogP contribution is -2.23. The first-order valence-corrected chi connectivity index (χ1v) is 7.01. The average Bonchev–Trinajstić information content (AvgIpc) is 2.57. The van der Waals surface area contributed by atoms with Crippen LogP contribution in [0.2, 0.25) is 0 Å². The van der Waals surface area contributed by atoms with E-state index in [-0.39, 0.29) is 12.1 Å². The Morgan fingerprint density at radius 1 is 0.917 bits per heavy atom. The third-order valence-electron chi connectivity index (χ3n) is 3.30. The van der Waals surface area contributed by atoms with E-state index in [0.717, 1.165) is 18.2 Å². The number of rotatable bonds is 6. The van der Waals surface area contributed by atoms with E-state index in [1.807, 2.05) is 0 Å². The van der Waals surface area contributed by atoms with Crippen LogP contribution in [0.1, 0.15) is 15.9 Å². The molecular weight excluding hydrogens is 320 g/mol. The van der Waals surface area contributed by atoms with Crippen molar-refractivity contribution in [1.82, 2.24) is 5.32 Å². The molecule has 0 unspecified atom stereocenters. The van der Waals surface area contributed by atoms with Gasteiger partial charge in [0.25, 0.3) is 5.91 Å². The first kappa shape index (κ1) is 17.5. The average molecular weight is 337 g/mol. The first-order valence-electron chi connectivity index (χ1n) is 7.01. The van der Waals surface area contributed by atoms with Crippen LogP contribution in [-0.2, 0) is 6.54 Å². The Hall–Kier alpha value is -2.83. The standard InChI is InChI=1S/C17H17F2NO4/c1-22-14-6-11(7-15(23-2)16(14)24-3)17(21)20-9-10-4-12(18)8-13(19)5-10/h4-8H,9H2,1-3H3,(H,20,21). The minimum absolute atomic E-state index is 0.0236. The number of hydrogen-bond acceptors (Lipinski definition) is 4. The molecule has 2 aromatic rings. The Bertz CT molecular complexity index is 704. The van der Waals surface area contributed by atoms with Crippen LogP contribution >= 0.6 is 0 Å². The van der Waals surface area contributed by atoms with Crippen molar-refractivity contribution >= 4 is 5.91 Å². The second kappa shape index (κ2) is 7.63. The van der Waals surface area contributed by atoms with Crippen molar-refractivity contribution in [3.63, 3.8) is 0 Å². The van der Waals surface area contributed by atoms with Gasteiger partial charge in [-0.1, -0.05) is 0 Å². The van der Waals surface area contributed by atoms with Crippen LogP contribution in [-0.4, -0.2) is 27.2 Å². The largest absolute Gasteiger partial charge is 0.493 e. The Morgan fingerprint density at radius 2 is 1.46 bits per heavy atom. The lowest BCUT2D eigenvalue weighted by molar-refractivity contribution is 0.0950. The number of amides is 1. The predicted octanol–water partition coefficient (Wildman–Crippen LogP) is 2.92. The zero-order valence-corrected chi connectivity index (χ0v) is 13.5. The van der Waals surface area contributed by atoms with Gasteiger partial charge in [0.2, 0.25) is 5.75 Å². The van der Waals surface area contributed by atoms with E-state index >= 15 is 0 Å². The molecular formula is C17H17F2NO4. The molecule has 0 aliphatic carbocycles. The molecule has 7 heteroatoms. The van der Waals surface area contributed by atoms with Crippen molar-refractivity contribution in [3.05, 3.63) is 53.1 Å². The first-order chi connectivity index (χ1) is 11.5. The number of nitrogens with one attached hydrogen (secondary N) is 1. The number of carbonyl (C=O) groups is 1. The summed E-state index contributed by atoms with van der Waals surface area (Å²) in [4.78, 5) is 12.3. The highest BCUT2D eigenvalue weighted by Crippen LogP contribution is 2.38. The summed E-state index contributed by atoms with van der Waals surface area (Å²) in [6, 6.07) is 6.05. The molecule has 128 valence electrons. The quantitative estimate of drug-likeness (QED) is 0.881. The SMILES string of the molecule is COc1cc(C(=O)NCc2cc(F)cc(F)c2)cc(OC)c1OC. The normalized spacial score (nSPS) is 10.2. The van der Waals surface area contributed by atoms with Crippen LogP contribution in [0.4, 0.5) is 8.78 Å². The Labute approximate surface area is 138 Å². The molecule has 0 bridgehead atoms. The molecule has 5 nitrogen and oxygen atoms in total. The number of methoxy groups -OCH3 is 3. The highest BCUT2D eigenvalue weighted by atomic mass is 19.1. The van der Waals surface area contributed by atoms with Gasteiger partial charge < -0.3 is 19.5 Å². The maximum atomic E-state index is 13.2. The fraction of sp³-hybridized carbons (Fsp3) is 0.235. The fourth-order valence-electron chi connectivity index (χ4n) is 2.21. The van der Waals surface area contributed by atoms with E-state index < -0.39 is 17.5 Å². The van der Waals surface area contributed by atoms with Crippen molar-refractivity contribution in [1.29, 1.82) is 0 Å². The van der Waals surface area contributed by atoms with Gasteiger partial charge in [-0.05, 0) is 29.8 Å². The van der Waals surface area contributed by atoms with E-state index in [1.54, 1.807) is 0 Å². The molecule has 0 radical (unpaired) electrons. The smallest absolute Gasteiger partial charge is 0.251 e. The molecule has 0 spiro atoms. The molecule has 2 rings (SSSR count). The maximum Gasteiger partial charge on any atom is 0.251 e. The number of carbonyl (C=O) groups excluding carboxylic acids is 1. The van der Waals surface area contributed by atoms with E-state index in [2.05, 4.69) is 5.32 Å². The van der Waals surface area contributed by atoms with Gasteiger partial charge in [-0.25, -0.2) is 8.78 Å². The summed E-state index contributed by atoms with van der Waals surface area (Å²) < 4.78 is 41.9. The van der Waals surface area contributed by atoms with E-state index in [9.17, 15) is 13.6 Å². The third-order valence-corrected chi connectivity index (χ3v) is 3.30. The molecule has 0 saturated carbocycles. The Balaban J connectivity index is 2.20.